The molecule has 26 heavy (non-hydrogen) atoms. The molecule has 2 aromatic rings. The largest absolute Gasteiger partial charge is 0.472 e. The molecule has 140 valence electrons. The highest BCUT2D eigenvalue weighted by atomic mass is 19.4. The molecular formula is C16H17F3N4O3. The molecule has 0 unspecified atom stereocenters. The molecule has 1 fully saturated rings. The van der Waals surface area contributed by atoms with Crippen molar-refractivity contribution in [1.82, 2.24) is 20.0 Å². The second kappa shape index (κ2) is 6.85. The first-order valence-electron chi connectivity index (χ1n) is 7.98. The second-order valence-electron chi connectivity index (χ2n) is 6.08. The van der Waals surface area contributed by atoms with E-state index in [1.54, 1.807) is 17.2 Å². The van der Waals surface area contributed by atoms with Crippen LogP contribution in [0.1, 0.15) is 23.2 Å². The molecule has 1 aliphatic rings. The molecule has 1 saturated heterocycles. The molecule has 1 N–H and O–H groups in total. The van der Waals surface area contributed by atoms with Crippen molar-refractivity contribution >= 4 is 11.8 Å². The van der Waals surface area contributed by atoms with E-state index in [2.05, 4.69) is 5.10 Å². The van der Waals surface area contributed by atoms with Gasteiger partial charge in [-0.3, -0.25) is 14.3 Å². The van der Waals surface area contributed by atoms with Crippen LogP contribution in [0.5, 0.6) is 0 Å². The molecule has 0 saturated carbocycles. The number of amides is 2. The van der Waals surface area contributed by atoms with Crippen molar-refractivity contribution in [3.8, 4) is 0 Å². The summed E-state index contributed by atoms with van der Waals surface area (Å²) in [7, 11) is 0. The van der Waals surface area contributed by atoms with Gasteiger partial charge < -0.3 is 14.6 Å². The molecule has 3 rings (SSSR count). The molecule has 3 heterocycles. The Morgan fingerprint density at radius 1 is 1.31 bits per heavy atom. The van der Waals surface area contributed by atoms with E-state index in [1.165, 1.54) is 29.5 Å². The highest BCUT2D eigenvalue weighted by molar-refractivity contribution is 5.94. The molecule has 1 aliphatic heterocycles. The summed E-state index contributed by atoms with van der Waals surface area (Å²) in [5, 5.41) is 6.00. The average Bonchev–Trinajstić information content (AvgIpc) is 3.31. The Morgan fingerprint density at radius 2 is 2.04 bits per heavy atom. The Balaban J connectivity index is 1.75. The summed E-state index contributed by atoms with van der Waals surface area (Å²) in [6.07, 6.45) is 1.52. The number of piperidine rings is 1. The maximum atomic E-state index is 12.6. The van der Waals surface area contributed by atoms with Crippen LogP contribution in [0.3, 0.4) is 0 Å². The fourth-order valence-electron chi connectivity index (χ4n) is 3.08. The molecule has 0 bridgehead atoms. The summed E-state index contributed by atoms with van der Waals surface area (Å²) in [5.74, 6) is -1.00. The Morgan fingerprint density at radius 3 is 2.58 bits per heavy atom. The number of carbonyl (C=O) groups is 2. The summed E-state index contributed by atoms with van der Waals surface area (Å²) in [5.41, 5.74) is -0.875. The number of halogens is 3. The number of furan rings is 1. The van der Waals surface area contributed by atoms with Gasteiger partial charge in [-0.25, -0.2) is 0 Å². The van der Waals surface area contributed by atoms with Gasteiger partial charge in [-0.2, -0.15) is 18.3 Å². The van der Waals surface area contributed by atoms with E-state index in [1.807, 2.05) is 5.32 Å². The average molecular weight is 370 g/mol. The van der Waals surface area contributed by atoms with Crippen molar-refractivity contribution < 1.29 is 27.2 Å². The fraction of sp³-hybridized carbons (Fsp3) is 0.438. The lowest BCUT2D eigenvalue weighted by molar-refractivity contribution is -0.146. The Labute approximate surface area is 146 Å². The Kier molecular flexibility index (Phi) is 4.75. The zero-order chi connectivity index (χ0) is 18.8. The van der Waals surface area contributed by atoms with Gasteiger partial charge in [0.1, 0.15) is 18.3 Å². The van der Waals surface area contributed by atoms with Crippen LogP contribution in [0, 0.1) is 0 Å². The Bertz CT molecular complexity index is 748. The number of nitrogens with zero attached hydrogens (tertiary/aromatic N) is 3. The van der Waals surface area contributed by atoms with Gasteiger partial charge in [0.2, 0.25) is 5.91 Å². The van der Waals surface area contributed by atoms with E-state index in [4.69, 9.17) is 4.42 Å². The van der Waals surface area contributed by atoms with E-state index in [9.17, 15) is 22.8 Å². The predicted octanol–water partition coefficient (Wildman–Crippen LogP) is 1.79. The fourth-order valence-corrected chi connectivity index (χ4v) is 3.08. The number of hydrogen-bond donors (Lipinski definition) is 1. The number of rotatable bonds is 4. The Hall–Kier alpha value is -2.78. The van der Waals surface area contributed by atoms with Crippen molar-refractivity contribution in [3.05, 3.63) is 42.6 Å². The second-order valence-corrected chi connectivity index (χ2v) is 6.08. The minimum atomic E-state index is -4.50. The number of nitrogens with one attached hydrogen (secondary N) is 1. The lowest BCUT2D eigenvalue weighted by atomic mass is 9.86. The molecular weight excluding hydrogens is 353 g/mol. The van der Waals surface area contributed by atoms with Crippen LogP contribution in [-0.4, -0.2) is 52.3 Å². The molecule has 2 aromatic heterocycles. The molecule has 0 radical (unpaired) electrons. The third-order valence-electron chi connectivity index (χ3n) is 4.46. The topological polar surface area (TPSA) is 80.4 Å². The van der Waals surface area contributed by atoms with Gasteiger partial charge in [0.25, 0.3) is 5.91 Å². The SMILES string of the molecule is O=C(c1ccoc1)N1CCC(C(=O)NCC(F)(F)F)(n2cccn2)CC1. The van der Waals surface area contributed by atoms with Crippen LogP contribution in [0.15, 0.2) is 41.5 Å². The van der Waals surface area contributed by atoms with E-state index in [-0.39, 0.29) is 31.8 Å². The summed E-state index contributed by atoms with van der Waals surface area (Å²) < 4.78 is 43.7. The van der Waals surface area contributed by atoms with Gasteiger partial charge >= 0.3 is 6.18 Å². The van der Waals surface area contributed by atoms with Crippen LogP contribution >= 0.6 is 0 Å². The summed E-state index contributed by atoms with van der Waals surface area (Å²) in [6, 6.07) is 3.13. The zero-order valence-electron chi connectivity index (χ0n) is 13.7. The maximum absolute atomic E-state index is 12.6. The predicted molar refractivity (Wildman–Crippen MR) is 83.1 cm³/mol. The van der Waals surface area contributed by atoms with E-state index in [0.29, 0.717) is 5.56 Å². The number of likely N-dealkylation sites (tertiary alicyclic amines) is 1. The minimum absolute atomic E-state index is 0.155. The molecule has 0 spiro atoms. The van der Waals surface area contributed by atoms with Crippen molar-refractivity contribution in [3.63, 3.8) is 0 Å². The molecule has 7 nitrogen and oxygen atoms in total. The zero-order valence-corrected chi connectivity index (χ0v) is 13.7. The first-order chi connectivity index (χ1) is 12.3. The standard InChI is InChI=1S/C16H17F3N4O3/c17-16(18,19)11-20-14(25)15(23-6-1-5-21-23)3-7-22(8-4-15)13(24)12-2-9-26-10-12/h1-2,5-6,9-10H,3-4,7-8,11H2,(H,20,25). The normalized spacial score (nSPS) is 17.1. The van der Waals surface area contributed by atoms with Crippen LogP contribution in [-0.2, 0) is 10.3 Å². The molecule has 2 amide bonds. The van der Waals surface area contributed by atoms with Crippen molar-refractivity contribution in [2.24, 2.45) is 0 Å². The quantitative estimate of drug-likeness (QED) is 0.890. The molecule has 0 aliphatic carbocycles. The van der Waals surface area contributed by atoms with Crippen molar-refractivity contribution in [2.75, 3.05) is 19.6 Å². The smallest absolute Gasteiger partial charge is 0.405 e. The van der Waals surface area contributed by atoms with Gasteiger partial charge in [0, 0.05) is 25.5 Å². The third-order valence-corrected chi connectivity index (χ3v) is 4.46. The highest BCUT2D eigenvalue weighted by Crippen LogP contribution is 2.31. The first-order valence-corrected chi connectivity index (χ1v) is 7.98. The van der Waals surface area contributed by atoms with E-state index >= 15 is 0 Å². The number of carbonyl (C=O) groups excluding carboxylic acids is 2. The van der Waals surface area contributed by atoms with Crippen LogP contribution < -0.4 is 5.32 Å². The number of alkyl halides is 3. The number of hydrogen-bond acceptors (Lipinski definition) is 4. The van der Waals surface area contributed by atoms with Crippen LogP contribution in [0.25, 0.3) is 0 Å². The van der Waals surface area contributed by atoms with Crippen LogP contribution in [0.4, 0.5) is 13.2 Å². The summed E-state index contributed by atoms with van der Waals surface area (Å²) in [4.78, 5) is 26.5. The molecule has 0 aromatic carbocycles. The van der Waals surface area contributed by atoms with Gasteiger partial charge in [-0.1, -0.05) is 0 Å². The first kappa shape index (κ1) is 18.0. The lowest BCUT2D eigenvalue weighted by Gasteiger charge is -2.40. The van der Waals surface area contributed by atoms with Gasteiger partial charge in [0.05, 0.1) is 11.8 Å². The van der Waals surface area contributed by atoms with E-state index in [0.717, 1.165) is 0 Å². The summed E-state index contributed by atoms with van der Waals surface area (Å²) >= 11 is 0. The summed E-state index contributed by atoms with van der Waals surface area (Å²) in [6.45, 7) is -0.987. The molecule has 0 atom stereocenters. The maximum Gasteiger partial charge on any atom is 0.405 e. The van der Waals surface area contributed by atoms with Crippen molar-refractivity contribution in [1.29, 1.82) is 0 Å². The molecule has 10 heteroatoms. The van der Waals surface area contributed by atoms with Gasteiger partial charge in [-0.15, -0.1) is 0 Å². The van der Waals surface area contributed by atoms with Crippen LogP contribution in [0.2, 0.25) is 0 Å². The monoisotopic (exact) mass is 370 g/mol. The third kappa shape index (κ3) is 3.58. The van der Waals surface area contributed by atoms with E-state index < -0.39 is 24.2 Å². The lowest BCUT2D eigenvalue weighted by Crippen LogP contribution is -2.57. The minimum Gasteiger partial charge on any atom is -0.472 e. The van der Waals surface area contributed by atoms with Gasteiger partial charge in [0.15, 0.2) is 0 Å². The highest BCUT2D eigenvalue weighted by Gasteiger charge is 2.45. The number of aromatic nitrogens is 2. The van der Waals surface area contributed by atoms with Crippen molar-refractivity contribution in [2.45, 2.75) is 24.6 Å². The van der Waals surface area contributed by atoms with Gasteiger partial charge in [-0.05, 0) is 25.0 Å².